The summed E-state index contributed by atoms with van der Waals surface area (Å²) in [6, 6.07) is 21.1. The number of benzene rings is 3. The number of hydrogen-bond donors (Lipinski definition) is 0. The molecule has 0 heterocycles. The normalized spacial score (nSPS) is 19.0. The third-order valence-corrected chi connectivity index (χ3v) is 8.09. The van der Waals surface area contributed by atoms with Crippen LogP contribution in [0.25, 0.3) is 11.1 Å². The molecule has 0 aliphatic heterocycles. The Balaban J connectivity index is 1.31. The van der Waals surface area contributed by atoms with Gasteiger partial charge in [0.15, 0.2) is 0 Å². The van der Waals surface area contributed by atoms with Crippen LogP contribution in [0, 0.1) is 23.5 Å². The highest BCUT2D eigenvalue weighted by Gasteiger charge is 2.20. The van der Waals surface area contributed by atoms with E-state index in [9.17, 15) is 8.78 Å². The molecule has 0 bridgehead atoms. The predicted octanol–water partition coefficient (Wildman–Crippen LogP) is 10.1. The maximum atomic E-state index is 14.9. The molecule has 1 saturated carbocycles. The molecule has 0 radical (unpaired) electrons. The maximum Gasteiger partial charge on any atom is 0.129 e. The highest BCUT2D eigenvalue weighted by atomic mass is 19.1. The van der Waals surface area contributed by atoms with Gasteiger partial charge in [0.25, 0.3) is 0 Å². The maximum absolute atomic E-state index is 14.9. The van der Waals surface area contributed by atoms with Crippen LogP contribution in [-0.4, -0.2) is 0 Å². The van der Waals surface area contributed by atoms with Gasteiger partial charge in [-0.25, -0.2) is 8.78 Å². The Morgan fingerprint density at radius 1 is 0.806 bits per heavy atom. The molecule has 0 amide bonds. The summed E-state index contributed by atoms with van der Waals surface area (Å²) in [6.45, 7) is 4.11. The van der Waals surface area contributed by atoms with Crippen LogP contribution in [0.2, 0.25) is 0 Å². The quantitative estimate of drug-likeness (QED) is 0.250. The summed E-state index contributed by atoms with van der Waals surface area (Å²) >= 11 is 0. The molecular formula is C34H40F2. The Morgan fingerprint density at radius 3 is 2.03 bits per heavy atom. The molecule has 1 aliphatic carbocycles. The first-order valence-electron chi connectivity index (χ1n) is 13.8. The molecule has 1 aliphatic rings. The van der Waals surface area contributed by atoms with Gasteiger partial charge < -0.3 is 0 Å². The molecule has 0 nitrogen and oxygen atoms in total. The first kappa shape index (κ1) is 26.3. The number of allylic oxidation sites excluding steroid dienone is 2. The molecule has 4 rings (SSSR count). The number of rotatable bonds is 10. The highest BCUT2D eigenvalue weighted by Crippen LogP contribution is 2.34. The van der Waals surface area contributed by atoms with Crippen molar-refractivity contribution < 1.29 is 8.78 Å². The fourth-order valence-electron chi connectivity index (χ4n) is 5.71. The second kappa shape index (κ2) is 13.0. The first-order valence-corrected chi connectivity index (χ1v) is 13.8. The zero-order valence-electron chi connectivity index (χ0n) is 21.9. The molecule has 1 fully saturated rings. The summed E-state index contributed by atoms with van der Waals surface area (Å²) in [5, 5.41) is 0. The molecule has 3 aromatic carbocycles. The smallest absolute Gasteiger partial charge is 0.129 e. The summed E-state index contributed by atoms with van der Waals surface area (Å²) in [6.07, 6.45) is 15.1. The van der Waals surface area contributed by atoms with Crippen LogP contribution in [0.1, 0.15) is 81.4 Å². The van der Waals surface area contributed by atoms with Gasteiger partial charge in [-0.1, -0.05) is 99.4 Å². The molecule has 0 N–H and O–H groups in total. The molecule has 0 unspecified atom stereocenters. The van der Waals surface area contributed by atoms with Gasteiger partial charge in [0.05, 0.1) is 0 Å². The molecule has 0 spiro atoms. The minimum absolute atomic E-state index is 0.0496. The van der Waals surface area contributed by atoms with E-state index >= 15 is 0 Å². The van der Waals surface area contributed by atoms with Crippen LogP contribution >= 0.6 is 0 Å². The lowest BCUT2D eigenvalue weighted by Crippen LogP contribution is -2.15. The van der Waals surface area contributed by atoms with Gasteiger partial charge in [0.2, 0.25) is 0 Å². The van der Waals surface area contributed by atoms with Crippen molar-refractivity contribution in [3.8, 4) is 11.1 Å². The van der Waals surface area contributed by atoms with E-state index in [1.54, 1.807) is 0 Å². The van der Waals surface area contributed by atoms with Gasteiger partial charge in [-0.2, -0.15) is 0 Å². The van der Waals surface area contributed by atoms with Gasteiger partial charge in [-0.05, 0) is 91.2 Å². The van der Waals surface area contributed by atoms with Crippen molar-refractivity contribution in [1.29, 1.82) is 0 Å². The lowest BCUT2D eigenvalue weighted by molar-refractivity contribution is 0.254. The second-order valence-electron chi connectivity index (χ2n) is 10.7. The molecule has 0 aromatic heterocycles. The molecule has 1 atom stereocenters. The third-order valence-electron chi connectivity index (χ3n) is 8.09. The Labute approximate surface area is 216 Å². The molecule has 0 saturated heterocycles. The van der Waals surface area contributed by atoms with Gasteiger partial charge in [-0.3, -0.25) is 0 Å². The van der Waals surface area contributed by atoms with Crippen molar-refractivity contribution in [3.63, 3.8) is 0 Å². The Bertz CT molecular complexity index is 1080. The summed E-state index contributed by atoms with van der Waals surface area (Å²) in [4.78, 5) is 0. The monoisotopic (exact) mass is 486 g/mol. The third kappa shape index (κ3) is 7.15. The summed E-state index contributed by atoms with van der Waals surface area (Å²) in [5.74, 6) is 0.868. The van der Waals surface area contributed by atoms with Crippen molar-refractivity contribution in [3.05, 3.63) is 107 Å². The van der Waals surface area contributed by atoms with E-state index < -0.39 is 11.6 Å². The van der Waals surface area contributed by atoms with Crippen molar-refractivity contribution in [1.82, 2.24) is 0 Å². The van der Waals surface area contributed by atoms with E-state index in [0.717, 1.165) is 29.4 Å². The van der Waals surface area contributed by atoms with E-state index in [1.165, 1.54) is 62.6 Å². The Morgan fingerprint density at radius 2 is 1.42 bits per heavy atom. The largest absolute Gasteiger partial charge is 0.207 e. The fraction of sp³-hybridized carbons (Fsp3) is 0.412. The minimum atomic E-state index is -0.460. The average Bonchev–Trinajstić information content (AvgIpc) is 2.91. The zero-order valence-corrected chi connectivity index (χ0v) is 21.9. The Hall–Kier alpha value is -2.74. The van der Waals surface area contributed by atoms with Gasteiger partial charge in [-0.15, -0.1) is 0 Å². The lowest BCUT2D eigenvalue weighted by atomic mass is 9.78. The minimum Gasteiger partial charge on any atom is -0.207 e. The summed E-state index contributed by atoms with van der Waals surface area (Å²) < 4.78 is 29.9. The summed E-state index contributed by atoms with van der Waals surface area (Å²) in [7, 11) is 0. The number of aryl methyl sites for hydroxylation is 1. The van der Waals surface area contributed by atoms with Crippen LogP contribution in [-0.2, 0) is 12.8 Å². The van der Waals surface area contributed by atoms with E-state index in [1.807, 2.05) is 49.4 Å². The van der Waals surface area contributed by atoms with Crippen LogP contribution in [0.3, 0.4) is 0 Å². The van der Waals surface area contributed by atoms with E-state index in [4.69, 9.17) is 0 Å². The zero-order chi connectivity index (χ0) is 25.3. The van der Waals surface area contributed by atoms with Crippen molar-refractivity contribution in [2.24, 2.45) is 11.8 Å². The Kier molecular flexibility index (Phi) is 9.50. The van der Waals surface area contributed by atoms with E-state index in [0.29, 0.717) is 12.0 Å². The standard InChI is InChI=1S/C34H40F2/c1-3-4-6-9-26-12-14-27(15-13-26)16-17-28-18-20-30(21-19-28)31-23-33(35)32(34(36)24-31)22-25(2)29-10-7-5-8-11-29/h3-5,7-8,10-11,18-21,23-27H,6,9,12-17,22H2,1-2H3/t25-,26?,27?/m0/s1. The van der Waals surface area contributed by atoms with Gasteiger partial charge >= 0.3 is 0 Å². The van der Waals surface area contributed by atoms with Gasteiger partial charge in [0, 0.05) is 5.56 Å². The molecule has 190 valence electrons. The number of halogens is 2. The predicted molar refractivity (Wildman–Crippen MR) is 148 cm³/mol. The van der Waals surface area contributed by atoms with E-state index in [-0.39, 0.29) is 11.5 Å². The van der Waals surface area contributed by atoms with Crippen LogP contribution < -0.4 is 0 Å². The van der Waals surface area contributed by atoms with Crippen LogP contribution in [0.4, 0.5) is 8.78 Å². The first-order chi connectivity index (χ1) is 17.5. The molecule has 3 aromatic rings. The molecular weight excluding hydrogens is 446 g/mol. The van der Waals surface area contributed by atoms with E-state index in [2.05, 4.69) is 31.2 Å². The van der Waals surface area contributed by atoms with Crippen molar-refractivity contribution in [2.75, 3.05) is 0 Å². The number of hydrogen-bond acceptors (Lipinski definition) is 0. The molecule has 2 heteroatoms. The topological polar surface area (TPSA) is 0 Å². The SMILES string of the molecule is CC=CCCC1CCC(CCc2ccc(-c3cc(F)c(C[C@H](C)c4ccccc4)c(F)c3)cc2)CC1. The van der Waals surface area contributed by atoms with Crippen LogP contribution in [0.5, 0.6) is 0 Å². The highest BCUT2D eigenvalue weighted by molar-refractivity contribution is 5.64. The van der Waals surface area contributed by atoms with Crippen molar-refractivity contribution >= 4 is 0 Å². The molecule has 36 heavy (non-hydrogen) atoms. The fourth-order valence-corrected chi connectivity index (χ4v) is 5.71. The van der Waals surface area contributed by atoms with Gasteiger partial charge in [0.1, 0.15) is 11.6 Å². The summed E-state index contributed by atoms with van der Waals surface area (Å²) in [5.41, 5.74) is 4.03. The van der Waals surface area contributed by atoms with Crippen LogP contribution in [0.15, 0.2) is 78.9 Å². The average molecular weight is 487 g/mol. The lowest BCUT2D eigenvalue weighted by Gasteiger charge is -2.28. The second-order valence-corrected chi connectivity index (χ2v) is 10.7. The van der Waals surface area contributed by atoms with Crippen molar-refractivity contribution in [2.45, 2.75) is 77.6 Å².